The fourth-order valence-corrected chi connectivity index (χ4v) is 1.99. The van der Waals surface area contributed by atoms with Gasteiger partial charge in [0.25, 0.3) is 0 Å². The van der Waals surface area contributed by atoms with E-state index >= 15 is 0 Å². The number of aryl methyl sites for hydroxylation is 1. The molecular formula is C13H17NO2. The minimum absolute atomic E-state index is 0.0440. The van der Waals surface area contributed by atoms with Crippen molar-refractivity contribution >= 4 is 5.91 Å². The summed E-state index contributed by atoms with van der Waals surface area (Å²) in [5.74, 6) is 0.0440. The van der Waals surface area contributed by atoms with E-state index in [1.165, 1.54) is 5.56 Å². The Morgan fingerprint density at radius 3 is 2.88 bits per heavy atom. The van der Waals surface area contributed by atoms with Crippen molar-refractivity contribution in [2.24, 2.45) is 0 Å². The predicted molar refractivity (Wildman–Crippen MR) is 62.1 cm³/mol. The van der Waals surface area contributed by atoms with E-state index in [1.54, 1.807) is 0 Å². The van der Waals surface area contributed by atoms with Crippen LogP contribution in [0.3, 0.4) is 0 Å². The Balaban J connectivity index is 1.83. The lowest BCUT2D eigenvalue weighted by Crippen LogP contribution is -2.47. The molecule has 2 rings (SSSR count). The van der Waals surface area contributed by atoms with Gasteiger partial charge in [0.05, 0.1) is 12.5 Å². The van der Waals surface area contributed by atoms with Crippen molar-refractivity contribution in [3.05, 3.63) is 35.4 Å². The average Bonchev–Trinajstić information content (AvgIpc) is 2.15. The highest BCUT2D eigenvalue weighted by Gasteiger charge is 2.28. The van der Waals surface area contributed by atoms with Crippen LogP contribution in [0.1, 0.15) is 24.0 Å². The minimum Gasteiger partial charge on any atom is -0.393 e. The van der Waals surface area contributed by atoms with E-state index in [1.807, 2.05) is 31.2 Å². The third-order valence-corrected chi connectivity index (χ3v) is 2.93. The highest BCUT2D eigenvalue weighted by atomic mass is 16.3. The number of aliphatic hydroxyl groups is 1. The van der Waals surface area contributed by atoms with Crippen molar-refractivity contribution in [1.29, 1.82) is 0 Å². The van der Waals surface area contributed by atoms with Crippen LogP contribution >= 0.6 is 0 Å². The van der Waals surface area contributed by atoms with Gasteiger partial charge < -0.3 is 10.4 Å². The Labute approximate surface area is 95.5 Å². The van der Waals surface area contributed by atoms with E-state index in [4.69, 9.17) is 5.11 Å². The zero-order chi connectivity index (χ0) is 11.5. The number of hydrogen-bond acceptors (Lipinski definition) is 2. The highest BCUT2D eigenvalue weighted by Crippen LogP contribution is 2.19. The summed E-state index contributed by atoms with van der Waals surface area (Å²) >= 11 is 0. The van der Waals surface area contributed by atoms with Gasteiger partial charge in [0.1, 0.15) is 0 Å². The minimum atomic E-state index is -0.218. The standard InChI is InChI=1S/C13H17NO2/c1-9-3-2-4-10(5-9)6-13(16)14-11-7-12(15)8-11/h2-5,11-12,15H,6-8H2,1H3,(H,14,16). The topological polar surface area (TPSA) is 49.3 Å². The van der Waals surface area contributed by atoms with Gasteiger partial charge in [-0.15, -0.1) is 0 Å². The molecule has 1 aromatic carbocycles. The first-order valence-electron chi connectivity index (χ1n) is 5.66. The largest absolute Gasteiger partial charge is 0.393 e. The van der Waals surface area contributed by atoms with Gasteiger partial charge in [0.15, 0.2) is 0 Å². The molecule has 0 atom stereocenters. The number of aliphatic hydroxyl groups excluding tert-OH is 1. The Kier molecular flexibility index (Phi) is 3.25. The van der Waals surface area contributed by atoms with E-state index < -0.39 is 0 Å². The van der Waals surface area contributed by atoms with Crippen LogP contribution < -0.4 is 5.32 Å². The zero-order valence-electron chi connectivity index (χ0n) is 9.44. The first-order valence-corrected chi connectivity index (χ1v) is 5.66. The number of hydrogen-bond donors (Lipinski definition) is 2. The SMILES string of the molecule is Cc1cccc(CC(=O)NC2CC(O)C2)c1. The maximum atomic E-state index is 11.6. The lowest BCUT2D eigenvalue weighted by Gasteiger charge is -2.31. The lowest BCUT2D eigenvalue weighted by molar-refractivity contribution is -0.122. The number of carbonyl (C=O) groups excluding carboxylic acids is 1. The number of rotatable bonds is 3. The van der Waals surface area contributed by atoms with Crippen molar-refractivity contribution in [3.63, 3.8) is 0 Å². The first-order chi connectivity index (χ1) is 7.63. The Hall–Kier alpha value is -1.35. The van der Waals surface area contributed by atoms with Crippen molar-refractivity contribution < 1.29 is 9.90 Å². The third-order valence-electron chi connectivity index (χ3n) is 2.93. The molecule has 0 radical (unpaired) electrons. The molecule has 0 spiro atoms. The number of carbonyl (C=O) groups is 1. The number of benzene rings is 1. The van der Waals surface area contributed by atoms with Gasteiger partial charge in [0, 0.05) is 6.04 Å². The fraction of sp³-hybridized carbons (Fsp3) is 0.462. The van der Waals surface area contributed by atoms with Crippen molar-refractivity contribution in [2.45, 2.75) is 38.3 Å². The van der Waals surface area contributed by atoms with Crippen LogP contribution in [0.5, 0.6) is 0 Å². The molecule has 0 heterocycles. The summed E-state index contributed by atoms with van der Waals surface area (Å²) in [5.41, 5.74) is 2.21. The van der Waals surface area contributed by atoms with Crippen LogP contribution in [0, 0.1) is 6.92 Å². The monoisotopic (exact) mass is 219 g/mol. The summed E-state index contributed by atoms with van der Waals surface area (Å²) in [5, 5.41) is 12.0. The molecule has 3 heteroatoms. The second-order valence-corrected chi connectivity index (χ2v) is 4.56. The maximum Gasteiger partial charge on any atom is 0.224 e. The molecule has 1 saturated carbocycles. The molecule has 0 saturated heterocycles. The summed E-state index contributed by atoms with van der Waals surface area (Å²) in [6.45, 7) is 2.02. The molecule has 0 aliphatic heterocycles. The van der Waals surface area contributed by atoms with Crippen LogP contribution in [-0.2, 0) is 11.2 Å². The summed E-state index contributed by atoms with van der Waals surface area (Å²) in [4.78, 5) is 11.6. The molecule has 3 nitrogen and oxygen atoms in total. The first kappa shape index (κ1) is 11.1. The Bertz CT molecular complexity index is 383. The van der Waals surface area contributed by atoms with Gasteiger partial charge >= 0.3 is 0 Å². The van der Waals surface area contributed by atoms with Gasteiger partial charge in [-0.25, -0.2) is 0 Å². The third kappa shape index (κ3) is 2.83. The van der Waals surface area contributed by atoms with Crippen LogP contribution in [0.2, 0.25) is 0 Å². The highest BCUT2D eigenvalue weighted by molar-refractivity contribution is 5.79. The molecule has 2 N–H and O–H groups in total. The van der Waals surface area contributed by atoms with E-state index in [0.717, 1.165) is 5.56 Å². The molecule has 0 unspecified atom stereocenters. The average molecular weight is 219 g/mol. The maximum absolute atomic E-state index is 11.6. The van der Waals surface area contributed by atoms with Crippen LogP contribution in [-0.4, -0.2) is 23.2 Å². The van der Waals surface area contributed by atoms with Crippen molar-refractivity contribution in [1.82, 2.24) is 5.32 Å². The molecule has 1 fully saturated rings. The quantitative estimate of drug-likeness (QED) is 0.802. The molecule has 0 aromatic heterocycles. The van der Waals surface area contributed by atoms with Crippen LogP contribution in [0.4, 0.5) is 0 Å². The molecule has 1 aliphatic rings. The smallest absolute Gasteiger partial charge is 0.224 e. The number of amides is 1. The molecule has 0 bridgehead atoms. The molecule has 1 amide bonds. The van der Waals surface area contributed by atoms with E-state index in [9.17, 15) is 4.79 Å². The van der Waals surface area contributed by atoms with Gasteiger partial charge in [-0.2, -0.15) is 0 Å². The van der Waals surface area contributed by atoms with E-state index in [0.29, 0.717) is 19.3 Å². The molecule has 16 heavy (non-hydrogen) atoms. The summed E-state index contributed by atoms with van der Waals surface area (Å²) < 4.78 is 0. The predicted octanol–water partition coefficient (Wildman–Crippen LogP) is 1.18. The van der Waals surface area contributed by atoms with Crippen molar-refractivity contribution in [3.8, 4) is 0 Å². The van der Waals surface area contributed by atoms with Gasteiger partial charge in [0.2, 0.25) is 5.91 Å². The fourth-order valence-electron chi connectivity index (χ4n) is 1.99. The number of nitrogens with one attached hydrogen (secondary N) is 1. The van der Waals surface area contributed by atoms with Crippen LogP contribution in [0.25, 0.3) is 0 Å². The Morgan fingerprint density at radius 1 is 1.50 bits per heavy atom. The van der Waals surface area contributed by atoms with E-state index in [2.05, 4.69) is 5.32 Å². The normalized spacial score (nSPS) is 23.6. The van der Waals surface area contributed by atoms with Gasteiger partial charge in [-0.1, -0.05) is 29.8 Å². The lowest BCUT2D eigenvalue weighted by atomic mass is 9.89. The summed E-state index contributed by atoms with van der Waals surface area (Å²) in [6, 6.07) is 8.14. The molecular weight excluding hydrogens is 202 g/mol. The van der Waals surface area contributed by atoms with E-state index in [-0.39, 0.29) is 18.1 Å². The van der Waals surface area contributed by atoms with Crippen LogP contribution in [0.15, 0.2) is 24.3 Å². The zero-order valence-corrected chi connectivity index (χ0v) is 9.44. The molecule has 1 aromatic rings. The molecule has 86 valence electrons. The second kappa shape index (κ2) is 4.66. The summed E-state index contributed by atoms with van der Waals surface area (Å²) in [6.07, 6.45) is 1.59. The Morgan fingerprint density at radius 2 is 2.25 bits per heavy atom. The second-order valence-electron chi connectivity index (χ2n) is 4.56. The summed E-state index contributed by atoms with van der Waals surface area (Å²) in [7, 11) is 0. The van der Waals surface area contributed by atoms with Gasteiger partial charge in [-0.3, -0.25) is 4.79 Å². The van der Waals surface area contributed by atoms with Crippen molar-refractivity contribution in [2.75, 3.05) is 0 Å². The molecule has 1 aliphatic carbocycles. The van der Waals surface area contributed by atoms with Gasteiger partial charge in [-0.05, 0) is 25.3 Å².